The van der Waals surface area contributed by atoms with Crippen LogP contribution in [0.15, 0.2) is 54.7 Å². The monoisotopic (exact) mass is 402 g/mol. The summed E-state index contributed by atoms with van der Waals surface area (Å²) in [7, 11) is 1.55. The molecule has 0 saturated carbocycles. The van der Waals surface area contributed by atoms with E-state index in [4.69, 9.17) is 4.74 Å². The van der Waals surface area contributed by atoms with Crippen molar-refractivity contribution >= 4 is 23.1 Å². The molecular formula is C21H21F3N4O. The summed E-state index contributed by atoms with van der Waals surface area (Å²) < 4.78 is 45.6. The van der Waals surface area contributed by atoms with Crippen molar-refractivity contribution in [2.45, 2.75) is 25.9 Å². The van der Waals surface area contributed by atoms with Crippen molar-refractivity contribution in [3.05, 3.63) is 65.9 Å². The number of hydrogen-bond acceptors (Lipinski definition) is 5. The highest BCUT2D eigenvalue weighted by molar-refractivity contribution is 5.65. The number of nitrogens with zero attached hydrogens (tertiary/aromatic N) is 2. The number of para-hydroxylation sites is 1. The van der Waals surface area contributed by atoms with E-state index in [1.165, 1.54) is 0 Å². The highest BCUT2D eigenvalue weighted by atomic mass is 19.4. The maximum Gasteiger partial charge on any atom is 0.421 e. The van der Waals surface area contributed by atoms with Gasteiger partial charge in [-0.3, -0.25) is 0 Å². The third-order valence-electron chi connectivity index (χ3n) is 4.23. The average Bonchev–Trinajstić information content (AvgIpc) is 2.69. The molecule has 0 spiro atoms. The molecule has 5 nitrogen and oxygen atoms in total. The number of methoxy groups -OCH3 is 1. The molecule has 1 heterocycles. The number of aromatic nitrogens is 2. The van der Waals surface area contributed by atoms with Gasteiger partial charge in [0.05, 0.1) is 7.11 Å². The topological polar surface area (TPSA) is 59.1 Å². The van der Waals surface area contributed by atoms with Crippen LogP contribution in [0.5, 0.6) is 5.75 Å². The lowest BCUT2D eigenvalue weighted by Crippen LogP contribution is -2.13. The summed E-state index contributed by atoms with van der Waals surface area (Å²) in [6.07, 6.45) is -2.18. The summed E-state index contributed by atoms with van der Waals surface area (Å²) in [6, 6.07) is 14.2. The molecule has 0 bridgehead atoms. The Morgan fingerprint density at radius 3 is 2.38 bits per heavy atom. The van der Waals surface area contributed by atoms with Crippen LogP contribution in [0.2, 0.25) is 0 Å². The van der Waals surface area contributed by atoms with Gasteiger partial charge in [-0.1, -0.05) is 31.5 Å². The zero-order chi connectivity index (χ0) is 20.9. The van der Waals surface area contributed by atoms with Crippen molar-refractivity contribution in [2.75, 3.05) is 17.7 Å². The zero-order valence-corrected chi connectivity index (χ0v) is 16.0. The Bertz CT molecular complexity index is 959. The first-order valence-electron chi connectivity index (χ1n) is 9.11. The first kappa shape index (κ1) is 20.4. The fourth-order valence-corrected chi connectivity index (χ4v) is 2.81. The predicted molar refractivity (Wildman–Crippen MR) is 107 cm³/mol. The predicted octanol–water partition coefficient (Wildman–Crippen LogP) is 5.94. The van der Waals surface area contributed by atoms with E-state index in [0.29, 0.717) is 17.1 Å². The van der Waals surface area contributed by atoms with Crippen LogP contribution in [-0.4, -0.2) is 17.1 Å². The molecule has 0 radical (unpaired) electrons. The second-order valence-corrected chi connectivity index (χ2v) is 6.34. The fourth-order valence-electron chi connectivity index (χ4n) is 2.81. The summed E-state index contributed by atoms with van der Waals surface area (Å²) in [6.45, 7) is 2.01. The summed E-state index contributed by atoms with van der Waals surface area (Å²) >= 11 is 0. The number of anilines is 4. The van der Waals surface area contributed by atoms with E-state index < -0.39 is 11.7 Å². The van der Waals surface area contributed by atoms with E-state index in [2.05, 4.69) is 20.6 Å². The van der Waals surface area contributed by atoms with Crippen LogP contribution in [0, 0.1) is 0 Å². The molecule has 2 aromatic carbocycles. The van der Waals surface area contributed by atoms with E-state index in [0.717, 1.165) is 24.6 Å². The fraction of sp³-hybridized carbons (Fsp3) is 0.238. The van der Waals surface area contributed by atoms with Crippen LogP contribution in [0.3, 0.4) is 0 Å². The maximum atomic E-state index is 13.5. The number of alkyl halides is 3. The highest BCUT2D eigenvalue weighted by Crippen LogP contribution is 2.36. The summed E-state index contributed by atoms with van der Waals surface area (Å²) in [4.78, 5) is 7.92. The normalized spacial score (nSPS) is 11.2. The van der Waals surface area contributed by atoms with Gasteiger partial charge in [-0.05, 0) is 42.3 Å². The first-order chi connectivity index (χ1) is 13.9. The number of aryl methyl sites for hydroxylation is 1. The number of ether oxygens (including phenoxy) is 1. The van der Waals surface area contributed by atoms with Crippen molar-refractivity contribution in [3.63, 3.8) is 0 Å². The molecule has 3 rings (SSSR count). The van der Waals surface area contributed by atoms with Gasteiger partial charge in [0.15, 0.2) is 0 Å². The lowest BCUT2D eigenvalue weighted by Gasteiger charge is -2.16. The molecule has 0 atom stereocenters. The molecule has 3 aromatic rings. The van der Waals surface area contributed by atoms with Crippen LogP contribution in [-0.2, 0) is 12.6 Å². The molecule has 0 unspecified atom stereocenters. The molecule has 29 heavy (non-hydrogen) atoms. The minimum Gasteiger partial charge on any atom is -0.497 e. The average molecular weight is 402 g/mol. The van der Waals surface area contributed by atoms with Crippen molar-refractivity contribution in [1.82, 2.24) is 9.97 Å². The van der Waals surface area contributed by atoms with Gasteiger partial charge in [0.25, 0.3) is 0 Å². The van der Waals surface area contributed by atoms with Gasteiger partial charge in [-0.25, -0.2) is 4.98 Å². The molecular weight excluding hydrogens is 381 g/mol. The standard InChI is InChI=1S/C21H21F3N4O/c1-3-6-14-7-4-5-8-18(14)27-19-17(21(22,23)24)13-25-20(28-19)26-15-9-11-16(29-2)12-10-15/h4-5,7-13H,3,6H2,1-2H3,(H2,25,26,27,28). The minimum absolute atomic E-state index is 0.0543. The number of rotatable bonds is 7. The molecule has 152 valence electrons. The molecule has 0 aliphatic heterocycles. The second kappa shape index (κ2) is 8.81. The second-order valence-electron chi connectivity index (χ2n) is 6.34. The molecule has 0 saturated heterocycles. The smallest absolute Gasteiger partial charge is 0.421 e. The summed E-state index contributed by atoms with van der Waals surface area (Å²) in [5.74, 6) is 0.421. The molecule has 1 aromatic heterocycles. The largest absolute Gasteiger partial charge is 0.497 e. The minimum atomic E-state index is -4.58. The van der Waals surface area contributed by atoms with Crippen LogP contribution in [0.25, 0.3) is 0 Å². The summed E-state index contributed by atoms with van der Waals surface area (Å²) in [5, 5.41) is 5.76. The lowest BCUT2D eigenvalue weighted by molar-refractivity contribution is -0.137. The number of benzene rings is 2. The van der Waals surface area contributed by atoms with Crippen LogP contribution in [0.1, 0.15) is 24.5 Å². The van der Waals surface area contributed by atoms with E-state index >= 15 is 0 Å². The third kappa shape index (κ3) is 5.16. The highest BCUT2D eigenvalue weighted by Gasteiger charge is 2.35. The van der Waals surface area contributed by atoms with Gasteiger partial charge in [0.1, 0.15) is 17.1 Å². The van der Waals surface area contributed by atoms with Crippen molar-refractivity contribution in [1.29, 1.82) is 0 Å². The van der Waals surface area contributed by atoms with E-state index in [9.17, 15) is 13.2 Å². The molecule has 0 amide bonds. The Hall–Kier alpha value is -3.29. The molecule has 0 aliphatic rings. The SMILES string of the molecule is CCCc1ccccc1Nc1nc(Nc2ccc(OC)cc2)ncc1C(F)(F)F. The van der Waals surface area contributed by atoms with Gasteiger partial charge in [-0.2, -0.15) is 18.2 Å². The Morgan fingerprint density at radius 2 is 1.72 bits per heavy atom. The van der Waals surface area contributed by atoms with Gasteiger partial charge in [-0.15, -0.1) is 0 Å². The van der Waals surface area contributed by atoms with Gasteiger partial charge < -0.3 is 15.4 Å². The van der Waals surface area contributed by atoms with Gasteiger partial charge in [0.2, 0.25) is 5.95 Å². The first-order valence-corrected chi connectivity index (χ1v) is 9.11. The maximum absolute atomic E-state index is 13.5. The molecule has 0 fully saturated rings. The Kier molecular flexibility index (Phi) is 6.21. The van der Waals surface area contributed by atoms with Crippen molar-refractivity contribution < 1.29 is 17.9 Å². The van der Waals surface area contributed by atoms with Gasteiger partial charge >= 0.3 is 6.18 Å². The van der Waals surface area contributed by atoms with Crippen LogP contribution in [0.4, 0.5) is 36.3 Å². The van der Waals surface area contributed by atoms with Crippen LogP contribution >= 0.6 is 0 Å². The Balaban J connectivity index is 1.94. The molecule has 2 N–H and O–H groups in total. The van der Waals surface area contributed by atoms with Crippen molar-refractivity contribution in [2.24, 2.45) is 0 Å². The molecule has 8 heteroatoms. The quantitative estimate of drug-likeness (QED) is 0.512. The number of halogens is 3. The number of hydrogen-bond donors (Lipinski definition) is 2. The number of nitrogens with one attached hydrogen (secondary N) is 2. The van der Waals surface area contributed by atoms with Gasteiger partial charge in [0, 0.05) is 17.6 Å². The summed E-state index contributed by atoms with van der Waals surface area (Å²) in [5.41, 5.74) is 1.22. The zero-order valence-electron chi connectivity index (χ0n) is 16.0. The molecule has 0 aliphatic carbocycles. The van der Waals surface area contributed by atoms with E-state index in [-0.39, 0.29) is 11.8 Å². The van der Waals surface area contributed by atoms with E-state index in [1.54, 1.807) is 43.5 Å². The van der Waals surface area contributed by atoms with Crippen LogP contribution < -0.4 is 15.4 Å². The van der Waals surface area contributed by atoms with Crippen molar-refractivity contribution in [3.8, 4) is 5.75 Å². The van der Waals surface area contributed by atoms with E-state index in [1.807, 2.05) is 19.1 Å². The third-order valence-corrected chi connectivity index (χ3v) is 4.23. The Morgan fingerprint density at radius 1 is 1.00 bits per heavy atom. The lowest BCUT2D eigenvalue weighted by atomic mass is 10.1. The Labute approximate surface area is 167 Å².